The Labute approximate surface area is 211 Å². The predicted molar refractivity (Wildman–Crippen MR) is 139 cm³/mol. The van der Waals surface area contributed by atoms with Crippen molar-refractivity contribution in [1.82, 2.24) is 4.90 Å². The van der Waals surface area contributed by atoms with E-state index in [1.165, 1.54) is 4.90 Å². The van der Waals surface area contributed by atoms with Crippen molar-refractivity contribution in [1.29, 1.82) is 0 Å². The van der Waals surface area contributed by atoms with Gasteiger partial charge in [-0.15, -0.1) is 0 Å². The minimum atomic E-state index is -0.699. The summed E-state index contributed by atoms with van der Waals surface area (Å²) in [5.74, 6) is -0.855. The number of aliphatic hydroxyl groups excluding tert-OH is 1. The monoisotopic (exact) mass is 485 g/mol. The van der Waals surface area contributed by atoms with Gasteiger partial charge in [-0.25, -0.2) is 0 Å². The number of ketones is 1. The van der Waals surface area contributed by atoms with E-state index in [0.717, 1.165) is 28.7 Å². The average molecular weight is 486 g/mol. The van der Waals surface area contributed by atoms with Crippen molar-refractivity contribution in [2.45, 2.75) is 32.9 Å². The maximum atomic E-state index is 13.1. The number of aryl methyl sites for hydroxylation is 2. The Balaban J connectivity index is 1.69. The summed E-state index contributed by atoms with van der Waals surface area (Å²) in [6.07, 6.45) is 0.877. The first-order chi connectivity index (χ1) is 17.4. The third kappa shape index (κ3) is 5.19. The van der Waals surface area contributed by atoms with Crippen LogP contribution < -0.4 is 4.74 Å². The summed E-state index contributed by atoms with van der Waals surface area (Å²) in [4.78, 5) is 27.6. The Bertz CT molecular complexity index is 1260. The molecule has 1 saturated heterocycles. The van der Waals surface area contributed by atoms with Gasteiger partial charge in [0.15, 0.2) is 0 Å². The van der Waals surface area contributed by atoms with E-state index in [1.54, 1.807) is 25.3 Å². The molecule has 1 fully saturated rings. The van der Waals surface area contributed by atoms with Gasteiger partial charge in [0.2, 0.25) is 0 Å². The molecule has 1 N–H and O–H groups in total. The Hall–Kier alpha value is -3.90. The largest absolute Gasteiger partial charge is 0.507 e. The molecule has 3 aromatic carbocycles. The Kier molecular flexibility index (Phi) is 7.86. The Morgan fingerprint density at radius 2 is 1.69 bits per heavy atom. The lowest BCUT2D eigenvalue weighted by atomic mass is 9.94. The number of carbonyl (C=O) groups is 2. The summed E-state index contributed by atoms with van der Waals surface area (Å²) < 4.78 is 11.1. The van der Waals surface area contributed by atoms with Gasteiger partial charge in [0, 0.05) is 19.2 Å². The zero-order valence-electron chi connectivity index (χ0n) is 20.9. The summed E-state index contributed by atoms with van der Waals surface area (Å²) in [6.45, 7) is 4.89. The topological polar surface area (TPSA) is 76.1 Å². The molecule has 1 atom stereocenters. The number of hydrogen-bond acceptors (Lipinski definition) is 5. The molecule has 1 aliphatic heterocycles. The highest BCUT2D eigenvalue weighted by Crippen LogP contribution is 2.39. The first-order valence-electron chi connectivity index (χ1n) is 12.1. The van der Waals surface area contributed by atoms with Crippen molar-refractivity contribution in [3.8, 4) is 5.75 Å². The number of rotatable bonds is 9. The third-order valence-electron chi connectivity index (χ3n) is 6.47. The SMILES string of the molecule is CCc1ccc([C@@H]2C(=C(O)c3ccc(OCc4ccccc4)c(C)c3)C(=O)C(=O)N2CCOC)cc1. The number of carbonyl (C=O) groups excluding carboxylic acids is 2. The summed E-state index contributed by atoms with van der Waals surface area (Å²) >= 11 is 0. The van der Waals surface area contributed by atoms with E-state index in [-0.39, 0.29) is 24.5 Å². The van der Waals surface area contributed by atoms with Crippen LogP contribution >= 0.6 is 0 Å². The highest BCUT2D eigenvalue weighted by Gasteiger charge is 2.45. The molecule has 36 heavy (non-hydrogen) atoms. The third-order valence-corrected chi connectivity index (χ3v) is 6.47. The summed E-state index contributed by atoms with van der Waals surface area (Å²) in [6, 6.07) is 22.2. The number of Topliss-reactive ketones (excluding diaryl/α,β-unsaturated/α-hetero) is 1. The van der Waals surface area contributed by atoms with Crippen LogP contribution in [0.15, 0.2) is 78.4 Å². The molecule has 1 heterocycles. The van der Waals surface area contributed by atoms with Gasteiger partial charge in [-0.3, -0.25) is 9.59 Å². The number of likely N-dealkylation sites (tertiary alicyclic amines) is 1. The normalized spacial score (nSPS) is 17.0. The molecule has 0 bridgehead atoms. The highest BCUT2D eigenvalue weighted by atomic mass is 16.5. The van der Waals surface area contributed by atoms with Gasteiger partial charge in [-0.1, -0.05) is 61.5 Å². The summed E-state index contributed by atoms with van der Waals surface area (Å²) in [5, 5.41) is 11.3. The van der Waals surface area contributed by atoms with E-state index in [4.69, 9.17) is 9.47 Å². The lowest BCUT2D eigenvalue weighted by Gasteiger charge is -2.25. The summed E-state index contributed by atoms with van der Waals surface area (Å²) in [5.41, 5.74) is 4.32. The standard InChI is InChI=1S/C30H31NO5/c1-4-21-10-12-23(13-11-21)27-26(29(33)30(34)31(27)16-17-35-3)28(32)24-14-15-25(20(2)18-24)36-19-22-8-6-5-7-9-22/h5-15,18,27,32H,4,16-17,19H2,1-3H3/t27-/m1/s1. The van der Waals surface area contributed by atoms with Crippen LogP contribution in [-0.2, 0) is 27.4 Å². The zero-order valence-corrected chi connectivity index (χ0v) is 20.9. The molecule has 0 aliphatic carbocycles. The molecule has 6 nitrogen and oxygen atoms in total. The predicted octanol–water partition coefficient (Wildman–Crippen LogP) is 5.20. The first kappa shape index (κ1) is 25.2. The molecule has 0 saturated carbocycles. The van der Waals surface area contributed by atoms with Crippen molar-refractivity contribution in [3.63, 3.8) is 0 Å². The second kappa shape index (κ2) is 11.2. The van der Waals surface area contributed by atoms with Crippen molar-refractivity contribution in [2.24, 2.45) is 0 Å². The van der Waals surface area contributed by atoms with Crippen molar-refractivity contribution in [2.75, 3.05) is 20.3 Å². The van der Waals surface area contributed by atoms with Gasteiger partial charge in [0.25, 0.3) is 11.7 Å². The van der Waals surface area contributed by atoms with Crippen LogP contribution in [0.4, 0.5) is 0 Å². The van der Waals surface area contributed by atoms with E-state index in [9.17, 15) is 14.7 Å². The van der Waals surface area contributed by atoms with Gasteiger partial charge in [0.1, 0.15) is 18.1 Å². The second-order valence-corrected chi connectivity index (χ2v) is 8.83. The molecular weight excluding hydrogens is 454 g/mol. The Morgan fingerprint density at radius 3 is 2.33 bits per heavy atom. The lowest BCUT2D eigenvalue weighted by molar-refractivity contribution is -0.140. The van der Waals surface area contributed by atoms with Crippen LogP contribution in [0.3, 0.4) is 0 Å². The molecule has 1 amide bonds. The first-order valence-corrected chi connectivity index (χ1v) is 12.1. The molecule has 3 aromatic rings. The smallest absolute Gasteiger partial charge is 0.295 e. The molecular formula is C30H31NO5. The number of ether oxygens (including phenoxy) is 2. The number of aliphatic hydroxyl groups is 1. The van der Waals surface area contributed by atoms with Gasteiger partial charge < -0.3 is 19.5 Å². The van der Waals surface area contributed by atoms with Gasteiger partial charge >= 0.3 is 0 Å². The van der Waals surface area contributed by atoms with Gasteiger partial charge in [-0.2, -0.15) is 0 Å². The van der Waals surface area contributed by atoms with Crippen molar-refractivity contribution < 1.29 is 24.2 Å². The molecule has 0 unspecified atom stereocenters. The number of amides is 1. The van der Waals surface area contributed by atoms with Gasteiger partial charge in [-0.05, 0) is 53.8 Å². The molecule has 0 aromatic heterocycles. The highest BCUT2D eigenvalue weighted by molar-refractivity contribution is 6.46. The lowest BCUT2D eigenvalue weighted by Crippen LogP contribution is -2.32. The van der Waals surface area contributed by atoms with Crippen molar-refractivity contribution in [3.05, 3.63) is 106 Å². The van der Waals surface area contributed by atoms with E-state index >= 15 is 0 Å². The quantitative estimate of drug-likeness (QED) is 0.256. The van der Waals surface area contributed by atoms with E-state index in [1.807, 2.05) is 61.5 Å². The molecule has 6 heteroatoms. The van der Waals surface area contributed by atoms with Crippen LogP contribution in [0.5, 0.6) is 5.75 Å². The van der Waals surface area contributed by atoms with E-state index in [2.05, 4.69) is 6.92 Å². The van der Waals surface area contributed by atoms with Crippen LogP contribution in [0.1, 0.15) is 40.8 Å². The second-order valence-electron chi connectivity index (χ2n) is 8.83. The fraction of sp³-hybridized carbons (Fsp3) is 0.267. The maximum Gasteiger partial charge on any atom is 0.295 e. The molecule has 0 radical (unpaired) electrons. The molecule has 186 valence electrons. The van der Waals surface area contributed by atoms with E-state index < -0.39 is 17.7 Å². The minimum Gasteiger partial charge on any atom is -0.507 e. The Morgan fingerprint density at radius 1 is 0.972 bits per heavy atom. The molecule has 0 spiro atoms. The van der Waals surface area contributed by atoms with Crippen LogP contribution in [-0.4, -0.2) is 42.0 Å². The fourth-order valence-corrected chi connectivity index (χ4v) is 4.43. The number of hydrogen-bond donors (Lipinski definition) is 1. The van der Waals surface area contributed by atoms with Crippen LogP contribution in [0.25, 0.3) is 5.76 Å². The van der Waals surface area contributed by atoms with Crippen LogP contribution in [0.2, 0.25) is 0 Å². The average Bonchev–Trinajstić information content (AvgIpc) is 3.16. The minimum absolute atomic E-state index is 0.0812. The van der Waals surface area contributed by atoms with Crippen LogP contribution in [0, 0.1) is 6.92 Å². The number of benzene rings is 3. The number of nitrogens with zero attached hydrogens (tertiary/aromatic N) is 1. The maximum absolute atomic E-state index is 13.1. The molecule has 1 aliphatic rings. The molecule has 4 rings (SSSR count). The van der Waals surface area contributed by atoms with E-state index in [0.29, 0.717) is 17.9 Å². The van der Waals surface area contributed by atoms with Crippen molar-refractivity contribution >= 4 is 17.4 Å². The zero-order chi connectivity index (χ0) is 25.7. The number of methoxy groups -OCH3 is 1. The summed E-state index contributed by atoms with van der Waals surface area (Å²) in [7, 11) is 1.55. The van der Waals surface area contributed by atoms with Gasteiger partial charge in [0.05, 0.1) is 18.2 Å². The fourth-order valence-electron chi connectivity index (χ4n) is 4.43.